The van der Waals surface area contributed by atoms with Crippen molar-refractivity contribution in [2.24, 2.45) is 5.92 Å². The van der Waals surface area contributed by atoms with E-state index < -0.39 is 12.1 Å². The molecule has 1 fully saturated rings. The molecule has 0 radical (unpaired) electrons. The quantitative estimate of drug-likeness (QED) is 0.924. The summed E-state index contributed by atoms with van der Waals surface area (Å²) in [5.74, 6) is -1.25. The van der Waals surface area contributed by atoms with Crippen molar-refractivity contribution in [1.82, 2.24) is 15.5 Å². The van der Waals surface area contributed by atoms with Crippen LogP contribution in [0.2, 0.25) is 0 Å². The normalized spacial score (nSPS) is 25.3. The predicted molar refractivity (Wildman–Crippen MR) is 63.4 cm³/mol. The fourth-order valence-corrected chi connectivity index (χ4v) is 3.37. The van der Waals surface area contributed by atoms with E-state index in [2.05, 4.69) is 15.5 Å². The van der Waals surface area contributed by atoms with Crippen LogP contribution in [0, 0.1) is 5.92 Å². The molecule has 7 heteroatoms. The summed E-state index contributed by atoms with van der Waals surface area (Å²) < 4.78 is 38.1. The Bertz CT molecular complexity index is 391. The summed E-state index contributed by atoms with van der Waals surface area (Å²) >= 11 is 1.42. The summed E-state index contributed by atoms with van der Waals surface area (Å²) in [5, 5.41) is 12.6. The largest absolute Gasteiger partial charge is 0.391 e. The first kappa shape index (κ1) is 13.7. The Labute approximate surface area is 108 Å². The third kappa shape index (κ3) is 3.20. The van der Waals surface area contributed by atoms with Gasteiger partial charge >= 0.3 is 6.18 Å². The van der Waals surface area contributed by atoms with Gasteiger partial charge in [0.25, 0.3) is 0 Å². The molecule has 102 valence electrons. The van der Waals surface area contributed by atoms with Gasteiger partial charge in [0.2, 0.25) is 0 Å². The zero-order chi connectivity index (χ0) is 13.2. The lowest BCUT2D eigenvalue weighted by Gasteiger charge is -2.29. The molecule has 3 nitrogen and oxygen atoms in total. The number of nitrogens with zero attached hydrogens (tertiary/aromatic N) is 2. The molecule has 2 unspecified atom stereocenters. The topological polar surface area (TPSA) is 37.8 Å². The second-order valence-corrected chi connectivity index (χ2v) is 5.76. The lowest BCUT2D eigenvalue weighted by atomic mass is 9.81. The molecule has 0 aliphatic heterocycles. The van der Waals surface area contributed by atoms with Crippen molar-refractivity contribution in [2.75, 3.05) is 7.05 Å². The van der Waals surface area contributed by atoms with E-state index in [0.29, 0.717) is 13.0 Å². The third-order valence-electron chi connectivity index (χ3n) is 3.30. The Morgan fingerprint density at radius 2 is 2.11 bits per heavy atom. The molecule has 2 atom stereocenters. The molecular weight excluding hydrogens is 263 g/mol. The summed E-state index contributed by atoms with van der Waals surface area (Å²) in [7, 11) is 1.81. The van der Waals surface area contributed by atoms with E-state index in [1.54, 1.807) is 7.05 Å². The maximum Gasteiger partial charge on any atom is 0.391 e. The van der Waals surface area contributed by atoms with Crippen LogP contribution in [0.4, 0.5) is 13.2 Å². The summed E-state index contributed by atoms with van der Waals surface area (Å²) in [6.45, 7) is 0.618. The minimum atomic E-state index is -4.07. The van der Waals surface area contributed by atoms with E-state index in [9.17, 15) is 13.2 Å². The lowest BCUT2D eigenvalue weighted by Crippen LogP contribution is -2.28. The van der Waals surface area contributed by atoms with Crippen molar-refractivity contribution >= 4 is 11.3 Å². The van der Waals surface area contributed by atoms with Crippen molar-refractivity contribution < 1.29 is 13.2 Å². The van der Waals surface area contributed by atoms with Crippen molar-refractivity contribution in [3.63, 3.8) is 0 Å². The Hall–Kier alpha value is -0.690. The first-order valence-corrected chi connectivity index (χ1v) is 6.86. The highest BCUT2D eigenvalue weighted by molar-refractivity contribution is 7.11. The Morgan fingerprint density at radius 1 is 1.33 bits per heavy atom. The fraction of sp³-hybridized carbons (Fsp3) is 0.818. The number of halogens is 3. The van der Waals surface area contributed by atoms with Gasteiger partial charge < -0.3 is 5.32 Å². The molecule has 1 aromatic heterocycles. The summed E-state index contributed by atoms with van der Waals surface area (Å²) in [6.07, 6.45) is -2.24. The first-order chi connectivity index (χ1) is 8.50. The van der Waals surface area contributed by atoms with Crippen LogP contribution in [0.5, 0.6) is 0 Å². The van der Waals surface area contributed by atoms with Crippen LogP contribution in [-0.2, 0) is 6.54 Å². The van der Waals surface area contributed by atoms with E-state index in [1.807, 2.05) is 0 Å². The van der Waals surface area contributed by atoms with Crippen LogP contribution in [0.1, 0.15) is 41.6 Å². The Balaban J connectivity index is 2.03. The highest BCUT2D eigenvalue weighted by atomic mass is 32.1. The molecule has 18 heavy (non-hydrogen) atoms. The number of aromatic nitrogens is 2. The molecule has 0 aromatic carbocycles. The molecule has 0 saturated heterocycles. The van der Waals surface area contributed by atoms with Crippen LogP contribution in [-0.4, -0.2) is 23.4 Å². The van der Waals surface area contributed by atoms with Crippen molar-refractivity contribution in [3.05, 3.63) is 10.0 Å². The number of alkyl halides is 3. The highest BCUT2D eigenvalue weighted by Crippen LogP contribution is 2.44. The van der Waals surface area contributed by atoms with Crippen molar-refractivity contribution in [1.29, 1.82) is 0 Å². The van der Waals surface area contributed by atoms with Crippen LogP contribution >= 0.6 is 11.3 Å². The molecule has 2 rings (SSSR count). The van der Waals surface area contributed by atoms with Gasteiger partial charge in [-0.3, -0.25) is 0 Å². The minimum absolute atomic E-state index is 0.0755. The highest BCUT2D eigenvalue weighted by Gasteiger charge is 2.42. The average molecular weight is 279 g/mol. The smallest absolute Gasteiger partial charge is 0.313 e. The summed E-state index contributed by atoms with van der Waals surface area (Å²) in [4.78, 5) is 0. The van der Waals surface area contributed by atoms with Gasteiger partial charge in [0, 0.05) is 12.5 Å². The number of hydrogen-bond acceptors (Lipinski definition) is 4. The van der Waals surface area contributed by atoms with Crippen LogP contribution < -0.4 is 5.32 Å². The molecule has 0 bridgehead atoms. The molecular formula is C11H16F3N3S. The van der Waals surface area contributed by atoms with E-state index in [1.165, 1.54) is 11.3 Å². The van der Waals surface area contributed by atoms with Crippen LogP contribution in [0.15, 0.2) is 0 Å². The monoisotopic (exact) mass is 279 g/mol. The van der Waals surface area contributed by atoms with Gasteiger partial charge in [-0.15, -0.1) is 10.2 Å². The second-order valence-electron chi connectivity index (χ2n) is 4.67. The molecule has 1 aliphatic rings. The zero-order valence-electron chi connectivity index (χ0n) is 10.1. The standard InChI is InChI=1S/C11H16F3N3S/c1-15-6-9-16-17-10(18-9)7-3-2-4-8(5-7)11(12,13)14/h7-8,15H,2-6H2,1H3. The summed E-state index contributed by atoms with van der Waals surface area (Å²) in [6, 6.07) is 0. The van der Waals surface area contributed by atoms with Gasteiger partial charge in [-0.2, -0.15) is 13.2 Å². The van der Waals surface area contributed by atoms with E-state index in [4.69, 9.17) is 0 Å². The lowest BCUT2D eigenvalue weighted by molar-refractivity contribution is -0.183. The molecule has 1 N–H and O–H groups in total. The number of rotatable bonds is 3. The van der Waals surface area contributed by atoms with Crippen LogP contribution in [0.3, 0.4) is 0 Å². The molecule has 0 spiro atoms. The Kier molecular flexibility index (Phi) is 4.21. The SMILES string of the molecule is CNCc1nnc(C2CCCC(C(F)(F)F)C2)s1. The van der Waals surface area contributed by atoms with E-state index >= 15 is 0 Å². The van der Waals surface area contributed by atoms with Crippen molar-refractivity contribution in [3.8, 4) is 0 Å². The molecule has 1 heterocycles. The molecule has 0 amide bonds. The van der Waals surface area contributed by atoms with Gasteiger partial charge in [0.15, 0.2) is 0 Å². The molecule has 1 saturated carbocycles. The third-order valence-corrected chi connectivity index (χ3v) is 4.38. The molecule has 1 aromatic rings. The minimum Gasteiger partial charge on any atom is -0.313 e. The van der Waals surface area contributed by atoms with Crippen molar-refractivity contribution in [2.45, 2.75) is 44.3 Å². The maximum absolute atomic E-state index is 12.7. The number of nitrogens with one attached hydrogen (secondary N) is 1. The maximum atomic E-state index is 12.7. The van der Waals surface area contributed by atoms with E-state index in [-0.39, 0.29) is 18.8 Å². The number of hydrogen-bond donors (Lipinski definition) is 1. The van der Waals surface area contributed by atoms with Gasteiger partial charge in [-0.1, -0.05) is 17.8 Å². The molecule has 1 aliphatic carbocycles. The second kappa shape index (κ2) is 5.52. The fourth-order valence-electron chi connectivity index (χ4n) is 2.37. The van der Waals surface area contributed by atoms with E-state index in [0.717, 1.165) is 16.4 Å². The van der Waals surface area contributed by atoms with Gasteiger partial charge in [0.05, 0.1) is 5.92 Å². The van der Waals surface area contributed by atoms with Gasteiger partial charge in [-0.05, 0) is 26.3 Å². The summed E-state index contributed by atoms with van der Waals surface area (Å²) in [5.41, 5.74) is 0. The first-order valence-electron chi connectivity index (χ1n) is 6.04. The van der Waals surface area contributed by atoms with Gasteiger partial charge in [-0.25, -0.2) is 0 Å². The Morgan fingerprint density at radius 3 is 2.78 bits per heavy atom. The predicted octanol–water partition coefficient (Wildman–Crippen LogP) is 3.09. The zero-order valence-corrected chi connectivity index (χ0v) is 10.9. The van der Waals surface area contributed by atoms with Gasteiger partial charge in [0.1, 0.15) is 10.0 Å². The van der Waals surface area contributed by atoms with Crippen LogP contribution in [0.25, 0.3) is 0 Å². The average Bonchev–Trinajstić information content (AvgIpc) is 2.77.